The van der Waals surface area contributed by atoms with Crippen LogP contribution < -0.4 is 5.73 Å². The van der Waals surface area contributed by atoms with E-state index in [1.54, 1.807) is 37.3 Å². The Morgan fingerprint density at radius 3 is 2.33 bits per heavy atom. The molecule has 0 saturated carbocycles. The van der Waals surface area contributed by atoms with Crippen LogP contribution in [0, 0.1) is 12.7 Å². The molecule has 0 bridgehead atoms. The van der Waals surface area contributed by atoms with E-state index in [0.29, 0.717) is 17.7 Å². The van der Waals surface area contributed by atoms with Crippen molar-refractivity contribution in [3.8, 4) is 0 Å². The van der Waals surface area contributed by atoms with Crippen LogP contribution in [0.5, 0.6) is 0 Å². The molecule has 2 N–H and O–H groups in total. The molecule has 0 aliphatic carbocycles. The zero-order valence-electron chi connectivity index (χ0n) is 10.1. The molecule has 0 saturated heterocycles. The molecule has 0 aliphatic rings. The van der Waals surface area contributed by atoms with Crippen LogP contribution in [0.1, 0.15) is 27.0 Å². The maximum absolute atomic E-state index is 13.3. The van der Waals surface area contributed by atoms with Crippen LogP contribution >= 0.6 is 0 Å². The topological polar surface area (TPSA) is 43.1 Å². The van der Waals surface area contributed by atoms with Crippen LogP contribution in [-0.2, 0) is 6.54 Å². The maximum Gasteiger partial charge on any atom is 0.193 e. The fourth-order valence-corrected chi connectivity index (χ4v) is 1.83. The Morgan fingerprint density at radius 2 is 1.78 bits per heavy atom. The molecule has 0 unspecified atom stereocenters. The molecule has 0 radical (unpaired) electrons. The first-order chi connectivity index (χ1) is 8.60. The first-order valence-electron chi connectivity index (χ1n) is 5.71. The average Bonchev–Trinajstić information content (AvgIpc) is 2.37. The van der Waals surface area contributed by atoms with E-state index >= 15 is 0 Å². The van der Waals surface area contributed by atoms with Crippen LogP contribution in [0.15, 0.2) is 42.5 Å². The third-order valence-corrected chi connectivity index (χ3v) is 2.76. The van der Waals surface area contributed by atoms with Crippen molar-refractivity contribution >= 4 is 5.78 Å². The number of carbonyl (C=O) groups excluding carboxylic acids is 1. The van der Waals surface area contributed by atoms with E-state index in [-0.39, 0.29) is 5.78 Å². The summed E-state index contributed by atoms with van der Waals surface area (Å²) in [7, 11) is 0. The summed E-state index contributed by atoms with van der Waals surface area (Å²) in [4.78, 5) is 12.2. The molecule has 2 nitrogen and oxygen atoms in total. The quantitative estimate of drug-likeness (QED) is 0.842. The minimum atomic E-state index is -0.392. The molecule has 18 heavy (non-hydrogen) atoms. The smallest absolute Gasteiger partial charge is 0.193 e. The molecular formula is C15H14FNO. The molecule has 2 aromatic carbocycles. The summed E-state index contributed by atoms with van der Waals surface area (Å²) < 4.78 is 13.3. The van der Waals surface area contributed by atoms with Crippen molar-refractivity contribution in [3.63, 3.8) is 0 Å². The van der Waals surface area contributed by atoms with Crippen LogP contribution in [0.4, 0.5) is 4.39 Å². The van der Waals surface area contributed by atoms with Gasteiger partial charge < -0.3 is 5.73 Å². The first-order valence-corrected chi connectivity index (χ1v) is 5.71. The molecule has 92 valence electrons. The van der Waals surface area contributed by atoms with E-state index in [9.17, 15) is 9.18 Å². The Kier molecular flexibility index (Phi) is 3.53. The lowest BCUT2D eigenvalue weighted by atomic mass is 10.0. The lowest BCUT2D eigenvalue weighted by Crippen LogP contribution is -2.03. The van der Waals surface area contributed by atoms with Gasteiger partial charge in [0, 0.05) is 17.7 Å². The Balaban J connectivity index is 2.34. The highest BCUT2D eigenvalue weighted by atomic mass is 19.1. The minimum Gasteiger partial charge on any atom is -0.326 e. The number of nitrogens with two attached hydrogens (primary N) is 1. The highest BCUT2D eigenvalue weighted by Crippen LogP contribution is 2.14. The van der Waals surface area contributed by atoms with Gasteiger partial charge in [0.25, 0.3) is 0 Å². The van der Waals surface area contributed by atoms with Crippen molar-refractivity contribution in [1.29, 1.82) is 0 Å². The second-order valence-electron chi connectivity index (χ2n) is 4.25. The fraction of sp³-hybridized carbons (Fsp3) is 0.133. The van der Waals surface area contributed by atoms with Gasteiger partial charge in [-0.05, 0) is 36.2 Å². The minimum absolute atomic E-state index is 0.179. The number of aryl methyl sites for hydroxylation is 1. The molecule has 0 amide bonds. The Hall–Kier alpha value is -2.00. The number of rotatable bonds is 3. The molecule has 2 aromatic rings. The Bertz CT molecular complexity index is 555. The summed E-state index contributed by atoms with van der Waals surface area (Å²) in [6, 6.07) is 11.4. The fourth-order valence-electron chi connectivity index (χ4n) is 1.83. The summed E-state index contributed by atoms with van der Waals surface area (Å²) in [5.74, 6) is -0.571. The summed E-state index contributed by atoms with van der Waals surface area (Å²) in [5, 5.41) is 0. The molecule has 0 fully saturated rings. The van der Waals surface area contributed by atoms with Gasteiger partial charge >= 0.3 is 0 Å². The SMILES string of the molecule is Cc1cc(F)cc(C(=O)c2ccc(CN)cc2)c1. The van der Waals surface area contributed by atoms with E-state index < -0.39 is 5.82 Å². The van der Waals surface area contributed by atoms with Gasteiger partial charge in [-0.3, -0.25) is 4.79 Å². The zero-order chi connectivity index (χ0) is 13.1. The molecule has 0 heterocycles. The van der Waals surface area contributed by atoms with Crippen LogP contribution in [-0.4, -0.2) is 5.78 Å². The van der Waals surface area contributed by atoms with Gasteiger partial charge in [0.1, 0.15) is 5.82 Å². The van der Waals surface area contributed by atoms with Crippen molar-refractivity contribution in [2.75, 3.05) is 0 Å². The molecule has 2 rings (SSSR count). The van der Waals surface area contributed by atoms with Gasteiger partial charge in [0.05, 0.1) is 0 Å². The van der Waals surface area contributed by atoms with Gasteiger partial charge in [0.15, 0.2) is 5.78 Å². The van der Waals surface area contributed by atoms with Gasteiger partial charge in [-0.25, -0.2) is 4.39 Å². The Morgan fingerprint density at radius 1 is 1.11 bits per heavy atom. The largest absolute Gasteiger partial charge is 0.326 e. The molecule has 3 heteroatoms. The predicted octanol–water partition coefficient (Wildman–Crippen LogP) is 2.82. The number of hydrogen-bond donors (Lipinski definition) is 1. The molecular weight excluding hydrogens is 229 g/mol. The van der Waals surface area contributed by atoms with Gasteiger partial charge in [-0.2, -0.15) is 0 Å². The summed E-state index contributed by atoms with van der Waals surface area (Å²) in [6.07, 6.45) is 0. The highest BCUT2D eigenvalue weighted by molar-refractivity contribution is 6.09. The molecule has 0 atom stereocenters. The van der Waals surface area contributed by atoms with Gasteiger partial charge in [-0.15, -0.1) is 0 Å². The van der Waals surface area contributed by atoms with Crippen molar-refractivity contribution in [1.82, 2.24) is 0 Å². The van der Waals surface area contributed by atoms with Crippen molar-refractivity contribution < 1.29 is 9.18 Å². The Labute approximate surface area is 105 Å². The standard InChI is InChI=1S/C15H14FNO/c1-10-6-13(8-14(16)7-10)15(18)12-4-2-11(9-17)3-5-12/h2-8H,9,17H2,1H3. The molecule has 0 spiro atoms. The van der Waals surface area contributed by atoms with E-state index in [1.165, 1.54) is 12.1 Å². The van der Waals surface area contributed by atoms with Gasteiger partial charge in [-0.1, -0.05) is 24.3 Å². The number of ketones is 1. The number of hydrogen-bond acceptors (Lipinski definition) is 2. The van der Waals surface area contributed by atoms with Crippen molar-refractivity contribution in [2.24, 2.45) is 5.73 Å². The van der Waals surface area contributed by atoms with Crippen LogP contribution in [0.25, 0.3) is 0 Å². The van der Waals surface area contributed by atoms with Crippen molar-refractivity contribution in [2.45, 2.75) is 13.5 Å². The zero-order valence-corrected chi connectivity index (χ0v) is 10.1. The van der Waals surface area contributed by atoms with E-state index in [0.717, 1.165) is 11.1 Å². The van der Waals surface area contributed by atoms with E-state index in [4.69, 9.17) is 5.73 Å². The number of halogens is 1. The number of benzene rings is 2. The highest BCUT2D eigenvalue weighted by Gasteiger charge is 2.10. The second-order valence-corrected chi connectivity index (χ2v) is 4.25. The van der Waals surface area contributed by atoms with Crippen molar-refractivity contribution in [3.05, 3.63) is 70.5 Å². The van der Waals surface area contributed by atoms with E-state index in [1.807, 2.05) is 0 Å². The van der Waals surface area contributed by atoms with E-state index in [2.05, 4.69) is 0 Å². The summed E-state index contributed by atoms with van der Waals surface area (Å²) in [5.41, 5.74) is 8.09. The average molecular weight is 243 g/mol. The molecule has 0 aliphatic heterocycles. The number of carbonyl (C=O) groups is 1. The predicted molar refractivity (Wildman–Crippen MR) is 68.9 cm³/mol. The normalized spacial score (nSPS) is 10.4. The summed E-state index contributed by atoms with van der Waals surface area (Å²) in [6.45, 7) is 2.20. The third kappa shape index (κ3) is 2.63. The maximum atomic E-state index is 13.3. The molecule has 0 aromatic heterocycles. The lowest BCUT2D eigenvalue weighted by molar-refractivity contribution is 0.103. The summed E-state index contributed by atoms with van der Waals surface area (Å²) >= 11 is 0. The van der Waals surface area contributed by atoms with Crippen LogP contribution in [0.3, 0.4) is 0 Å². The van der Waals surface area contributed by atoms with Crippen LogP contribution in [0.2, 0.25) is 0 Å². The van der Waals surface area contributed by atoms with Gasteiger partial charge in [0.2, 0.25) is 0 Å². The second kappa shape index (κ2) is 5.10. The first kappa shape index (κ1) is 12.5. The monoisotopic (exact) mass is 243 g/mol. The third-order valence-electron chi connectivity index (χ3n) is 2.76. The lowest BCUT2D eigenvalue weighted by Gasteiger charge is -2.04.